The molecule has 0 saturated heterocycles. The maximum absolute atomic E-state index is 12.2. The monoisotopic (exact) mass is 334 g/mol. The van der Waals surface area contributed by atoms with E-state index in [1.165, 1.54) is 49.7 Å². The molecule has 1 fully saturated rings. The average molecular weight is 335 g/mol. The Morgan fingerprint density at radius 3 is 2.57 bits per heavy atom. The molecule has 0 radical (unpaired) electrons. The van der Waals surface area contributed by atoms with Crippen LogP contribution in [0.15, 0.2) is 12.1 Å². The fourth-order valence-electron chi connectivity index (χ4n) is 4.10. The van der Waals surface area contributed by atoms with E-state index in [1.807, 2.05) is 6.92 Å². The van der Waals surface area contributed by atoms with Gasteiger partial charge in [-0.1, -0.05) is 50.3 Å². The van der Waals surface area contributed by atoms with E-state index in [9.17, 15) is 4.79 Å². The maximum atomic E-state index is 12.2. The first-order chi connectivity index (χ1) is 11.2. The van der Waals surface area contributed by atoms with E-state index in [-0.39, 0.29) is 11.9 Å². The van der Waals surface area contributed by atoms with Crippen LogP contribution < -0.4 is 0 Å². The van der Waals surface area contributed by atoms with Crippen molar-refractivity contribution in [2.45, 2.75) is 76.5 Å². The van der Waals surface area contributed by atoms with Gasteiger partial charge >= 0.3 is 5.97 Å². The van der Waals surface area contributed by atoms with Gasteiger partial charge in [0.2, 0.25) is 0 Å². The number of carbonyl (C=O) groups is 1. The summed E-state index contributed by atoms with van der Waals surface area (Å²) in [5.74, 6) is 0.405. The summed E-state index contributed by atoms with van der Waals surface area (Å²) in [4.78, 5) is 12.2. The molecular weight excluding hydrogens is 308 g/mol. The number of benzene rings is 1. The predicted octanol–water partition coefficient (Wildman–Crippen LogP) is 5.76. The van der Waals surface area contributed by atoms with E-state index in [2.05, 4.69) is 12.1 Å². The number of halogens is 1. The van der Waals surface area contributed by atoms with Crippen LogP contribution >= 0.6 is 11.6 Å². The predicted molar refractivity (Wildman–Crippen MR) is 94.2 cm³/mol. The van der Waals surface area contributed by atoms with E-state index >= 15 is 0 Å². The second-order valence-electron chi connectivity index (χ2n) is 7.02. The van der Waals surface area contributed by atoms with Gasteiger partial charge < -0.3 is 4.74 Å². The van der Waals surface area contributed by atoms with Gasteiger partial charge in [0, 0.05) is 5.02 Å². The molecular formula is C20H27ClO2. The highest BCUT2D eigenvalue weighted by atomic mass is 35.5. The Morgan fingerprint density at radius 1 is 1.13 bits per heavy atom. The summed E-state index contributed by atoms with van der Waals surface area (Å²) in [7, 11) is 0. The highest BCUT2D eigenvalue weighted by molar-refractivity contribution is 6.31. The molecule has 0 spiro atoms. The Kier molecular flexibility index (Phi) is 5.63. The van der Waals surface area contributed by atoms with Gasteiger partial charge in [0.15, 0.2) is 0 Å². The first-order valence-electron chi connectivity index (χ1n) is 9.19. The van der Waals surface area contributed by atoms with Crippen molar-refractivity contribution in [3.63, 3.8) is 0 Å². The minimum Gasteiger partial charge on any atom is -0.465 e. The molecule has 3 heteroatoms. The molecule has 126 valence electrons. The molecule has 1 unspecified atom stereocenters. The molecule has 0 heterocycles. The van der Waals surface area contributed by atoms with Gasteiger partial charge in [-0.2, -0.15) is 0 Å². The first kappa shape index (κ1) is 16.8. The zero-order chi connectivity index (χ0) is 16.2. The van der Waals surface area contributed by atoms with Gasteiger partial charge in [-0.25, -0.2) is 0 Å². The lowest BCUT2D eigenvalue weighted by Gasteiger charge is -2.19. The van der Waals surface area contributed by atoms with Crippen LogP contribution in [0.2, 0.25) is 5.02 Å². The second-order valence-corrected chi connectivity index (χ2v) is 7.43. The second kappa shape index (κ2) is 7.70. The van der Waals surface area contributed by atoms with Crippen LogP contribution in [-0.2, 0) is 16.0 Å². The lowest BCUT2D eigenvalue weighted by atomic mass is 9.89. The number of aryl methyl sites for hydroxylation is 1. The molecule has 0 aliphatic heterocycles. The van der Waals surface area contributed by atoms with Crippen molar-refractivity contribution in [3.05, 3.63) is 33.8 Å². The molecule has 1 atom stereocenters. The smallest absolute Gasteiger partial charge is 0.313 e. The summed E-state index contributed by atoms with van der Waals surface area (Å²) in [6, 6.07) is 4.35. The molecule has 0 N–H and O–H groups in total. The number of hydrogen-bond donors (Lipinski definition) is 0. The van der Waals surface area contributed by atoms with E-state index in [4.69, 9.17) is 16.3 Å². The Hall–Kier alpha value is -1.02. The Morgan fingerprint density at radius 2 is 1.87 bits per heavy atom. The van der Waals surface area contributed by atoms with Crippen LogP contribution in [-0.4, -0.2) is 12.6 Å². The molecule has 2 aliphatic carbocycles. The summed E-state index contributed by atoms with van der Waals surface area (Å²) in [6.45, 7) is 2.53. The average Bonchev–Trinajstić information content (AvgIpc) is 2.78. The summed E-state index contributed by atoms with van der Waals surface area (Å²) in [5.41, 5.74) is 3.73. The summed E-state index contributed by atoms with van der Waals surface area (Å²) in [5, 5.41) is 0.853. The van der Waals surface area contributed by atoms with Crippen LogP contribution in [0.4, 0.5) is 0 Å². The molecule has 2 nitrogen and oxygen atoms in total. The van der Waals surface area contributed by atoms with Crippen LogP contribution in [0, 0.1) is 0 Å². The number of hydrogen-bond acceptors (Lipinski definition) is 2. The van der Waals surface area contributed by atoms with Crippen LogP contribution in [0.3, 0.4) is 0 Å². The van der Waals surface area contributed by atoms with Gasteiger partial charge in [-0.15, -0.1) is 0 Å². The SMILES string of the molecule is CCCOC(=O)C1CCc2cc(C3CCCCCC3)c(Cl)cc21. The number of ether oxygens (including phenoxy) is 1. The topological polar surface area (TPSA) is 26.3 Å². The normalized spacial score (nSPS) is 21.7. The Balaban J connectivity index is 1.81. The van der Waals surface area contributed by atoms with E-state index < -0.39 is 0 Å². The number of esters is 1. The molecule has 0 bridgehead atoms. The van der Waals surface area contributed by atoms with Gasteiger partial charge in [-0.05, 0) is 60.8 Å². The standard InChI is InChI=1S/C20H27ClO2/c1-2-11-23-20(22)16-10-9-15-12-18(19(21)13-17(15)16)14-7-5-3-4-6-8-14/h12-14,16H,2-11H2,1H3. The first-order valence-corrected chi connectivity index (χ1v) is 9.57. The zero-order valence-electron chi connectivity index (χ0n) is 14.1. The van der Waals surface area contributed by atoms with Gasteiger partial charge in [0.1, 0.15) is 0 Å². The van der Waals surface area contributed by atoms with Crippen molar-refractivity contribution in [2.75, 3.05) is 6.61 Å². The van der Waals surface area contributed by atoms with Crippen molar-refractivity contribution >= 4 is 17.6 Å². The van der Waals surface area contributed by atoms with Gasteiger partial charge in [0.25, 0.3) is 0 Å². The van der Waals surface area contributed by atoms with Crippen molar-refractivity contribution in [3.8, 4) is 0 Å². The van der Waals surface area contributed by atoms with Crippen molar-refractivity contribution in [2.24, 2.45) is 0 Å². The molecule has 1 saturated carbocycles. The van der Waals surface area contributed by atoms with E-state index in [1.54, 1.807) is 0 Å². The third-order valence-electron chi connectivity index (χ3n) is 5.36. The highest BCUT2D eigenvalue weighted by Gasteiger charge is 2.31. The Bertz CT molecular complexity index is 559. The Labute approximate surface area is 144 Å². The fraction of sp³-hybridized carbons (Fsp3) is 0.650. The minimum absolute atomic E-state index is 0.0797. The van der Waals surface area contributed by atoms with Gasteiger partial charge in [-0.3, -0.25) is 4.79 Å². The quantitative estimate of drug-likeness (QED) is 0.516. The van der Waals surface area contributed by atoms with Crippen molar-refractivity contribution in [1.82, 2.24) is 0 Å². The molecule has 0 amide bonds. The molecule has 23 heavy (non-hydrogen) atoms. The third kappa shape index (κ3) is 3.74. The van der Waals surface area contributed by atoms with Crippen LogP contribution in [0.1, 0.15) is 86.8 Å². The van der Waals surface area contributed by atoms with Crippen molar-refractivity contribution in [1.29, 1.82) is 0 Å². The molecule has 3 rings (SSSR count). The fourth-order valence-corrected chi connectivity index (χ4v) is 4.43. The highest BCUT2D eigenvalue weighted by Crippen LogP contribution is 2.42. The third-order valence-corrected chi connectivity index (χ3v) is 5.69. The number of rotatable bonds is 4. The maximum Gasteiger partial charge on any atom is 0.313 e. The number of carbonyl (C=O) groups excluding carboxylic acids is 1. The lowest BCUT2D eigenvalue weighted by molar-refractivity contribution is -0.145. The largest absolute Gasteiger partial charge is 0.465 e. The van der Waals surface area contributed by atoms with Crippen molar-refractivity contribution < 1.29 is 9.53 Å². The van der Waals surface area contributed by atoms with Crippen LogP contribution in [0.25, 0.3) is 0 Å². The van der Waals surface area contributed by atoms with E-state index in [0.717, 1.165) is 29.8 Å². The zero-order valence-corrected chi connectivity index (χ0v) is 14.8. The number of fused-ring (bicyclic) bond motifs is 1. The summed E-state index contributed by atoms with van der Waals surface area (Å²) in [6.07, 6.45) is 10.5. The minimum atomic E-state index is -0.114. The lowest BCUT2D eigenvalue weighted by Crippen LogP contribution is -2.14. The summed E-state index contributed by atoms with van der Waals surface area (Å²) >= 11 is 6.62. The van der Waals surface area contributed by atoms with Gasteiger partial charge in [0.05, 0.1) is 12.5 Å². The van der Waals surface area contributed by atoms with Crippen LogP contribution in [0.5, 0.6) is 0 Å². The molecule has 1 aromatic carbocycles. The molecule has 0 aromatic heterocycles. The molecule has 1 aromatic rings. The molecule has 2 aliphatic rings. The van der Waals surface area contributed by atoms with E-state index in [0.29, 0.717) is 12.5 Å². The summed E-state index contributed by atoms with van der Waals surface area (Å²) < 4.78 is 5.35.